The van der Waals surface area contributed by atoms with E-state index in [0.717, 1.165) is 6.07 Å². The lowest BCUT2D eigenvalue weighted by atomic mass is 9.97. The predicted octanol–water partition coefficient (Wildman–Crippen LogP) is 1.43. The van der Waals surface area contributed by atoms with Gasteiger partial charge >= 0.3 is 0 Å². The monoisotopic (exact) mass is 318 g/mol. The molecule has 0 aromatic heterocycles. The summed E-state index contributed by atoms with van der Waals surface area (Å²) < 4.78 is 0. The molecular weight excluding hydrogens is 304 g/mol. The number of nitrogens with one attached hydrogen (secondary N) is 1. The molecule has 1 saturated carbocycles. The normalized spacial score (nSPS) is 16.9. The molecule has 2 rings (SSSR count). The number of amides is 1. The van der Waals surface area contributed by atoms with E-state index < -0.39 is 34.7 Å². The molecule has 0 saturated heterocycles. The van der Waals surface area contributed by atoms with Gasteiger partial charge in [0.1, 0.15) is 5.78 Å². The van der Waals surface area contributed by atoms with E-state index >= 15 is 0 Å². The number of hydrogen-bond donors (Lipinski definition) is 1. The lowest BCUT2D eigenvalue weighted by molar-refractivity contribution is -0.384. The molecule has 0 aliphatic heterocycles. The molecular formula is C15H14N2O6. The third-order valence-corrected chi connectivity index (χ3v) is 3.60. The maximum atomic E-state index is 11.9. The zero-order chi connectivity index (χ0) is 17.0. The SMILES string of the molecule is O=C(CC(=O)[C@H]1CCCC1=O)C(=O)Nc1cccc([N+](=O)[O-])c1. The van der Waals surface area contributed by atoms with Crippen LogP contribution in [0, 0.1) is 16.0 Å². The van der Waals surface area contributed by atoms with Crippen LogP contribution >= 0.6 is 0 Å². The number of non-ortho nitro benzene ring substituents is 1. The molecule has 0 unspecified atom stereocenters. The summed E-state index contributed by atoms with van der Waals surface area (Å²) in [5.41, 5.74) is -0.148. The van der Waals surface area contributed by atoms with Gasteiger partial charge in [0, 0.05) is 24.2 Å². The van der Waals surface area contributed by atoms with Crippen molar-refractivity contribution in [2.24, 2.45) is 5.92 Å². The molecule has 1 aliphatic rings. The van der Waals surface area contributed by atoms with E-state index in [9.17, 15) is 29.3 Å². The van der Waals surface area contributed by atoms with Gasteiger partial charge in [-0.25, -0.2) is 0 Å². The second kappa shape index (κ2) is 6.91. The first-order valence-electron chi connectivity index (χ1n) is 7.02. The minimum atomic E-state index is -1.04. The Morgan fingerprint density at radius 1 is 1.30 bits per heavy atom. The molecule has 23 heavy (non-hydrogen) atoms. The Morgan fingerprint density at radius 3 is 2.65 bits per heavy atom. The number of ketones is 3. The van der Waals surface area contributed by atoms with E-state index in [2.05, 4.69) is 5.32 Å². The summed E-state index contributed by atoms with van der Waals surface area (Å²) in [6.45, 7) is 0. The first kappa shape index (κ1) is 16.5. The summed E-state index contributed by atoms with van der Waals surface area (Å²) in [4.78, 5) is 56.9. The van der Waals surface area contributed by atoms with Gasteiger partial charge in [0.2, 0.25) is 5.78 Å². The Kier molecular flexibility index (Phi) is 4.95. The van der Waals surface area contributed by atoms with Crippen LogP contribution in [0.25, 0.3) is 0 Å². The first-order chi connectivity index (χ1) is 10.9. The van der Waals surface area contributed by atoms with Gasteiger partial charge in [-0.05, 0) is 18.9 Å². The van der Waals surface area contributed by atoms with Gasteiger partial charge in [-0.3, -0.25) is 29.3 Å². The Balaban J connectivity index is 1.96. The molecule has 0 spiro atoms. The van der Waals surface area contributed by atoms with Gasteiger partial charge < -0.3 is 5.32 Å². The van der Waals surface area contributed by atoms with E-state index in [1.165, 1.54) is 18.2 Å². The lowest BCUT2D eigenvalue weighted by Gasteiger charge is -2.07. The Labute approximate surface area is 131 Å². The fourth-order valence-electron chi connectivity index (χ4n) is 2.42. The van der Waals surface area contributed by atoms with Gasteiger partial charge in [0.05, 0.1) is 17.3 Å². The zero-order valence-electron chi connectivity index (χ0n) is 12.1. The number of Topliss-reactive ketones (excluding diaryl/α,β-unsaturated/α-hetero) is 3. The highest BCUT2D eigenvalue weighted by molar-refractivity contribution is 6.43. The molecule has 8 nitrogen and oxygen atoms in total. The highest BCUT2D eigenvalue weighted by atomic mass is 16.6. The summed E-state index contributed by atoms with van der Waals surface area (Å²) in [5.74, 6) is -3.54. The fourth-order valence-corrected chi connectivity index (χ4v) is 2.42. The molecule has 1 aliphatic carbocycles. The molecule has 120 valence electrons. The highest BCUT2D eigenvalue weighted by Gasteiger charge is 2.32. The standard InChI is InChI=1S/C15H14N2O6/c18-12-6-2-5-11(12)13(19)8-14(20)15(21)16-9-3-1-4-10(7-9)17(22)23/h1,3-4,7,11H,2,5-6,8H2,(H,16,21)/t11-/m0/s1. The molecule has 1 amide bonds. The number of anilines is 1. The van der Waals surface area contributed by atoms with Gasteiger partial charge in [-0.15, -0.1) is 0 Å². The number of nitrogens with zero attached hydrogens (tertiary/aromatic N) is 1. The molecule has 0 bridgehead atoms. The van der Waals surface area contributed by atoms with Crippen LogP contribution in [0.15, 0.2) is 24.3 Å². The Hall–Kier alpha value is -2.90. The quantitative estimate of drug-likeness (QED) is 0.366. The molecule has 0 heterocycles. The van der Waals surface area contributed by atoms with Crippen molar-refractivity contribution in [3.05, 3.63) is 34.4 Å². The minimum absolute atomic E-state index is 0.0851. The van der Waals surface area contributed by atoms with Crippen LogP contribution in [0.4, 0.5) is 11.4 Å². The highest BCUT2D eigenvalue weighted by Crippen LogP contribution is 2.23. The Bertz CT molecular complexity index is 697. The van der Waals surface area contributed by atoms with Crippen LogP contribution < -0.4 is 5.32 Å². The molecule has 1 fully saturated rings. The third kappa shape index (κ3) is 4.06. The van der Waals surface area contributed by atoms with Crippen molar-refractivity contribution in [2.75, 3.05) is 5.32 Å². The summed E-state index contributed by atoms with van der Waals surface area (Å²) in [7, 11) is 0. The van der Waals surface area contributed by atoms with Gasteiger partial charge in [-0.1, -0.05) is 6.07 Å². The second-order valence-corrected chi connectivity index (χ2v) is 5.24. The number of nitro groups is 1. The number of carbonyl (C=O) groups excluding carboxylic acids is 4. The van der Waals surface area contributed by atoms with Crippen LogP contribution in [0.5, 0.6) is 0 Å². The summed E-state index contributed by atoms with van der Waals surface area (Å²) in [5, 5.41) is 12.9. The van der Waals surface area contributed by atoms with E-state index in [-0.39, 0.29) is 17.2 Å². The van der Waals surface area contributed by atoms with Gasteiger partial charge in [-0.2, -0.15) is 0 Å². The third-order valence-electron chi connectivity index (χ3n) is 3.60. The molecule has 8 heteroatoms. The maximum absolute atomic E-state index is 11.9. The van der Waals surface area contributed by atoms with E-state index in [4.69, 9.17) is 0 Å². The molecule has 0 radical (unpaired) electrons. The van der Waals surface area contributed by atoms with Crippen molar-refractivity contribution < 1.29 is 24.1 Å². The summed E-state index contributed by atoms with van der Waals surface area (Å²) in [6, 6.07) is 5.10. The van der Waals surface area contributed by atoms with Crippen molar-refractivity contribution in [3.63, 3.8) is 0 Å². The molecule has 1 atom stereocenters. The van der Waals surface area contributed by atoms with E-state index in [1.54, 1.807) is 0 Å². The van der Waals surface area contributed by atoms with Crippen LogP contribution in [-0.4, -0.2) is 28.2 Å². The first-order valence-corrected chi connectivity index (χ1v) is 7.02. The minimum Gasteiger partial charge on any atom is -0.319 e. The smallest absolute Gasteiger partial charge is 0.292 e. The number of rotatable bonds is 6. The summed E-state index contributed by atoms with van der Waals surface area (Å²) >= 11 is 0. The van der Waals surface area contributed by atoms with Crippen LogP contribution in [0.3, 0.4) is 0 Å². The Morgan fingerprint density at radius 2 is 2.04 bits per heavy atom. The van der Waals surface area contributed by atoms with Gasteiger partial charge in [0.15, 0.2) is 5.78 Å². The molecule has 1 aromatic carbocycles. The van der Waals surface area contributed by atoms with Crippen molar-refractivity contribution in [1.82, 2.24) is 0 Å². The number of hydrogen-bond acceptors (Lipinski definition) is 6. The number of benzene rings is 1. The van der Waals surface area contributed by atoms with Crippen molar-refractivity contribution in [3.8, 4) is 0 Å². The predicted molar refractivity (Wildman–Crippen MR) is 78.7 cm³/mol. The average Bonchev–Trinajstić information content (AvgIpc) is 2.93. The molecule has 1 N–H and O–H groups in total. The van der Waals surface area contributed by atoms with Crippen molar-refractivity contribution in [2.45, 2.75) is 25.7 Å². The van der Waals surface area contributed by atoms with Crippen molar-refractivity contribution in [1.29, 1.82) is 0 Å². The topological polar surface area (TPSA) is 123 Å². The fraction of sp³-hybridized carbons (Fsp3) is 0.333. The van der Waals surface area contributed by atoms with E-state index in [0.29, 0.717) is 19.3 Å². The van der Waals surface area contributed by atoms with E-state index in [1.807, 2.05) is 0 Å². The lowest BCUT2D eigenvalue weighted by Crippen LogP contribution is -2.28. The average molecular weight is 318 g/mol. The molecule has 1 aromatic rings. The number of carbonyl (C=O) groups is 4. The second-order valence-electron chi connectivity index (χ2n) is 5.24. The maximum Gasteiger partial charge on any atom is 0.292 e. The summed E-state index contributed by atoms with van der Waals surface area (Å²) in [6.07, 6.45) is 0.711. The van der Waals surface area contributed by atoms with Crippen LogP contribution in [0.1, 0.15) is 25.7 Å². The zero-order valence-corrected chi connectivity index (χ0v) is 12.1. The van der Waals surface area contributed by atoms with Crippen LogP contribution in [0.2, 0.25) is 0 Å². The largest absolute Gasteiger partial charge is 0.319 e. The number of nitro benzene ring substituents is 1. The van der Waals surface area contributed by atoms with Gasteiger partial charge in [0.25, 0.3) is 11.6 Å². The van der Waals surface area contributed by atoms with Crippen molar-refractivity contribution >= 4 is 34.6 Å². The van der Waals surface area contributed by atoms with Crippen LogP contribution in [-0.2, 0) is 19.2 Å².